The first-order valence-corrected chi connectivity index (χ1v) is 7.25. The number of methoxy groups -OCH3 is 1. The lowest BCUT2D eigenvalue weighted by molar-refractivity contribution is 0.195. The smallest absolute Gasteiger partial charge is 0.191 e. The first-order chi connectivity index (χ1) is 9.58. The van der Waals surface area contributed by atoms with Gasteiger partial charge in [0.15, 0.2) is 5.96 Å². The van der Waals surface area contributed by atoms with Gasteiger partial charge in [0.1, 0.15) is 0 Å². The van der Waals surface area contributed by atoms with Crippen LogP contribution in [-0.4, -0.2) is 33.3 Å². The zero-order valence-corrected chi connectivity index (χ0v) is 13.6. The Labute approximate surface area is 130 Å². The Bertz CT molecular complexity index is 452. The van der Waals surface area contributed by atoms with E-state index in [0.29, 0.717) is 10.0 Å². The van der Waals surface area contributed by atoms with Crippen molar-refractivity contribution < 1.29 is 4.74 Å². The van der Waals surface area contributed by atoms with Gasteiger partial charge in [-0.2, -0.15) is 0 Å². The Morgan fingerprint density at radius 1 is 1.40 bits per heavy atom. The van der Waals surface area contributed by atoms with Gasteiger partial charge in [-0.25, -0.2) is 0 Å². The number of hydrogen-bond acceptors (Lipinski definition) is 2. The highest BCUT2D eigenvalue weighted by Crippen LogP contribution is 2.25. The lowest BCUT2D eigenvalue weighted by Crippen LogP contribution is -2.39. The first kappa shape index (κ1) is 17.1. The maximum Gasteiger partial charge on any atom is 0.191 e. The normalized spacial score (nSPS) is 13.2. The summed E-state index contributed by atoms with van der Waals surface area (Å²) >= 11 is 12.1. The maximum absolute atomic E-state index is 6.20. The summed E-state index contributed by atoms with van der Waals surface area (Å²) in [6.07, 6.45) is 0.924. The van der Waals surface area contributed by atoms with E-state index in [9.17, 15) is 0 Å². The van der Waals surface area contributed by atoms with Crippen molar-refractivity contribution in [3.8, 4) is 0 Å². The average molecular weight is 318 g/mol. The molecule has 0 aliphatic carbocycles. The Morgan fingerprint density at radius 3 is 2.75 bits per heavy atom. The second kappa shape index (κ2) is 9.06. The molecular weight excluding hydrogens is 297 g/mol. The number of nitrogens with zero attached hydrogens (tertiary/aromatic N) is 1. The van der Waals surface area contributed by atoms with Gasteiger partial charge in [0.05, 0.1) is 6.04 Å². The average Bonchev–Trinajstić information content (AvgIpc) is 2.41. The van der Waals surface area contributed by atoms with Gasteiger partial charge in [-0.1, -0.05) is 29.3 Å². The highest BCUT2D eigenvalue weighted by molar-refractivity contribution is 6.35. The molecular formula is C14H21Cl2N3O. The van der Waals surface area contributed by atoms with Crippen LogP contribution in [0.1, 0.15) is 24.9 Å². The van der Waals surface area contributed by atoms with E-state index in [-0.39, 0.29) is 6.04 Å². The van der Waals surface area contributed by atoms with E-state index >= 15 is 0 Å². The summed E-state index contributed by atoms with van der Waals surface area (Å²) in [5.41, 5.74) is 0.982. The number of benzene rings is 1. The van der Waals surface area contributed by atoms with Crippen LogP contribution < -0.4 is 10.6 Å². The third-order valence-corrected chi connectivity index (χ3v) is 3.39. The maximum atomic E-state index is 6.20. The first-order valence-electron chi connectivity index (χ1n) is 6.49. The molecule has 0 heterocycles. The Kier molecular flexibility index (Phi) is 7.73. The van der Waals surface area contributed by atoms with Crippen molar-refractivity contribution in [1.82, 2.24) is 10.6 Å². The summed E-state index contributed by atoms with van der Waals surface area (Å²) in [6.45, 7) is 3.55. The van der Waals surface area contributed by atoms with Crippen molar-refractivity contribution in [2.24, 2.45) is 4.99 Å². The molecule has 0 fully saturated rings. The highest BCUT2D eigenvalue weighted by atomic mass is 35.5. The van der Waals surface area contributed by atoms with E-state index in [4.69, 9.17) is 27.9 Å². The van der Waals surface area contributed by atoms with Crippen LogP contribution in [0.4, 0.5) is 0 Å². The molecule has 0 saturated carbocycles. The van der Waals surface area contributed by atoms with E-state index in [0.717, 1.165) is 31.1 Å². The minimum absolute atomic E-state index is 0.0355. The Hall–Kier alpha value is -0.970. The second-order valence-electron chi connectivity index (χ2n) is 4.38. The van der Waals surface area contributed by atoms with Crippen molar-refractivity contribution >= 4 is 29.2 Å². The highest BCUT2D eigenvalue weighted by Gasteiger charge is 2.11. The van der Waals surface area contributed by atoms with Crippen molar-refractivity contribution in [3.05, 3.63) is 33.8 Å². The van der Waals surface area contributed by atoms with Crippen molar-refractivity contribution in [2.75, 3.05) is 27.3 Å². The van der Waals surface area contributed by atoms with Crippen molar-refractivity contribution in [2.45, 2.75) is 19.4 Å². The van der Waals surface area contributed by atoms with Crippen LogP contribution in [0, 0.1) is 0 Å². The molecule has 0 bridgehead atoms. The van der Waals surface area contributed by atoms with Gasteiger partial charge >= 0.3 is 0 Å². The van der Waals surface area contributed by atoms with Gasteiger partial charge in [-0.15, -0.1) is 0 Å². The zero-order chi connectivity index (χ0) is 15.0. The monoisotopic (exact) mass is 317 g/mol. The SMILES string of the molecule is CN=C(NCCCOC)NC(C)c1ccc(Cl)cc1Cl. The van der Waals surface area contributed by atoms with Gasteiger partial charge in [-0.3, -0.25) is 4.99 Å². The van der Waals surface area contributed by atoms with E-state index in [1.54, 1.807) is 20.2 Å². The second-order valence-corrected chi connectivity index (χ2v) is 5.22. The van der Waals surface area contributed by atoms with Crippen LogP contribution >= 0.6 is 23.2 Å². The number of ether oxygens (including phenoxy) is 1. The van der Waals surface area contributed by atoms with Gasteiger partial charge < -0.3 is 15.4 Å². The standard InChI is InChI=1S/C14H21Cl2N3O/c1-10(12-6-5-11(15)9-13(12)16)19-14(17-2)18-7-4-8-20-3/h5-6,9-10H,4,7-8H2,1-3H3,(H2,17,18,19). The molecule has 20 heavy (non-hydrogen) atoms. The fourth-order valence-electron chi connectivity index (χ4n) is 1.75. The molecule has 6 heteroatoms. The largest absolute Gasteiger partial charge is 0.385 e. The minimum Gasteiger partial charge on any atom is -0.385 e. The number of guanidine groups is 1. The molecule has 0 amide bonds. The zero-order valence-electron chi connectivity index (χ0n) is 12.0. The van der Waals surface area contributed by atoms with Gasteiger partial charge in [0.2, 0.25) is 0 Å². The molecule has 1 unspecified atom stereocenters. The van der Waals surface area contributed by atoms with Crippen LogP contribution in [0.15, 0.2) is 23.2 Å². The quantitative estimate of drug-likeness (QED) is 0.481. The molecule has 1 aromatic carbocycles. The Balaban J connectivity index is 2.56. The van der Waals surface area contributed by atoms with E-state index in [1.807, 2.05) is 19.1 Å². The molecule has 0 aromatic heterocycles. The molecule has 0 radical (unpaired) electrons. The fourth-order valence-corrected chi connectivity index (χ4v) is 2.33. The minimum atomic E-state index is 0.0355. The molecule has 0 saturated heterocycles. The van der Waals surface area contributed by atoms with Crippen molar-refractivity contribution in [3.63, 3.8) is 0 Å². The van der Waals surface area contributed by atoms with Gasteiger partial charge in [-0.05, 0) is 31.0 Å². The summed E-state index contributed by atoms with van der Waals surface area (Å²) in [4.78, 5) is 4.18. The Morgan fingerprint density at radius 2 is 2.15 bits per heavy atom. The molecule has 112 valence electrons. The number of aliphatic imine (C=N–C) groups is 1. The number of rotatable bonds is 6. The molecule has 1 rings (SSSR count). The molecule has 2 N–H and O–H groups in total. The summed E-state index contributed by atoms with van der Waals surface area (Å²) in [6, 6.07) is 5.52. The van der Waals surface area contributed by atoms with Crippen LogP contribution in [0.5, 0.6) is 0 Å². The lowest BCUT2D eigenvalue weighted by Gasteiger charge is -2.19. The molecule has 4 nitrogen and oxygen atoms in total. The molecule has 0 aliphatic rings. The predicted octanol–water partition coefficient (Wildman–Crippen LogP) is 3.26. The number of hydrogen-bond donors (Lipinski definition) is 2. The summed E-state index contributed by atoms with van der Waals surface area (Å²) < 4.78 is 5.00. The third-order valence-electron chi connectivity index (χ3n) is 2.82. The summed E-state index contributed by atoms with van der Waals surface area (Å²) in [5, 5.41) is 7.79. The van der Waals surface area contributed by atoms with Crippen LogP contribution in [0.3, 0.4) is 0 Å². The van der Waals surface area contributed by atoms with Crippen LogP contribution in [-0.2, 0) is 4.74 Å². The molecule has 0 aliphatic heterocycles. The van der Waals surface area contributed by atoms with E-state index in [2.05, 4.69) is 15.6 Å². The van der Waals surface area contributed by atoms with Crippen molar-refractivity contribution in [1.29, 1.82) is 0 Å². The van der Waals surface area contributed by atoms with Crippen LogP contribution in [0.2, 0.25) is 10.0 Å². The van der Waals surface area contributed by atoms with Gasteiger partial charge in [0, 0.05) is 37.4 Å². The van der Waals surface area contributed by atoms with Crippen LogP contribution in [0.25, 0.3) is 0 Å². The summed E-state index contributed by atoms with van der Waals surface area (Å²) in [5.74, 6) is 0.736. The third kappa shape index (κ3) is 5.57. The number of nitrogens with one attached hydrogen (secondary N) is 2. The van der Waals surface area contributed by atoms with Gasteiger partial charge in [0.25, 0.3) is 0 Å². The predicted molar refractivity (Wildman–Crippen MR) is 85.9 cm³/mol. The fraction of sp³-hybridized carbons (Fsp3) is 0.500. The number of halogens is 2. The lowest BCUT2D eigenvalue weighted by atomic mass is 10.1. The molecule has 1 atom stereocenters. The topological polar surface area (TPSA) is 45.7 Å². The molecule has 0 spiro atoms. The van der Waals surface area contributed by atoms with E-state index in [1.165, 1.54) is 0 Å². The summed E-state index contributed by atoms with van der Waals surface area (Å²) in [7, 11) is 3.43. The van der Waals surface area contributed by atoms with E-state index < -0.39 is 0 Å². The molecule has 1 aromatic rings.